The van der Waals surface area contributed by atoms with Gasteiger partial charge in [-0.25, -0.2) is 8.42 Å². The zero-order valence-corrected chi connectivity index (χ0v) is 17.2. The summed E-state index contributed by atoms with van der Waals surface area (Å²) in [7, 11) is -3.72. The van der Waals surface area contributed by atoms with Crippen molar-refractivity contribution in [2.24, 2.45) is 16.7 Å². The third-order valence-electron chi connectivity index (χ3n) is 7.02. The zero-order chi connectivity index (χ0) is 20.0. The topological polar surface area (TPSA) is 67.3 Å². The molecule has 2 aromatic rings. The van der Waals surface area contributed by atoms with Crippen molar-refractivity contribution in [2.45, 2.75) is 39.7 Å². The van der Waals surface area contributed by atoms with Gasteiger partial charge in [-0.1, -0.05) is 44.2 Å². The summed E-state index contributed by atoms with van der Waals surface area (Å²) in [6.07, 6.45) is 5.30. The fourth-order valence-electron chi connectivity index (χ4n) is 5.11. The van der Waals surface area contributed by atoms with Gasteiger partial charge in [0.1, 0.15) is 5.78 Å². The summed E-state index contributed by atoms with van der Waals surface area (Å²) >= 11 is 0. The van der Waals surface area contributed by atoms with E-state index in [-0.39, 0.29) is 23.5 Å². The Kier molecular flexibility index (Phi) is 4.57. The number of carbonyl (C=O) groups is 1. The lowest BCUT2D eigenvalue weighted by Crippen LogP contribution is -2.46. The Balaban J connectivity index is 1.72. The monoisotopic (exact) mass is 398 g/mol. The predicted octanol–water partition coefficient (Wildman–Crippen LogP) is 3.81. The Morgan fingerprint density at radius 3 is 2.36 bits per heavy atom. The number of pyridine rings is 1. The number of ketones is 1. The van der Waals surface area contributed by atoms with Crippen molar-refractivity contribution < 1.29 is 13.2 Å². The predicted molar refractivity (Wildman–Crippen MR) is 109 cm³/mol. The van der Waals surface area contributed by atoms with E-state index in [9.17, 15) is 13.2 Å². The van der Waals surface area contributed by atoms with E-state index in [1.807, 2.05) is 30.3 Å². The summed E-state index contributed by atoms with van der Waals surface area (Å²) in [5.74, 6) is 0.280. The van der Waals surface area contributed by atoms with Crippen molar-refractivity contribution in [3.63, 3.8) is 0 Å². The maximum atomic E-state index is 13.7. The van der Waals surface area contributed by atoms with Crippen LogP contribution in [0.4, 0.5) is 5.69 Å². The van der Waals surface area contributed by atoms with Crippen molar-refractivity contribution in [1.29, 1.82) is 0 Å². The number of hydrogen-bond donors (Lipinski definition) is 0. The Morgan fingerprint density at radius 2 is 1.79 bits per heavy atom. The van der Waals surface area contributed by atoms with Gasteiger partial charge in [-0.3, -0.25) is 14.1 Å². The molecule has 0 amide bonds. The minimum absolute atomic E-state index is 0.117. The first-order chi connectivity index (χ1) is 13.3. The number of hydrogen-bond acceptors (Lipinski definition) is 4. The molecule has 2 atom stereocenters. The second kappa shape index (κ2) is 6.69. The van der Waals surface area contributed by atoms with Crippen LogP contribution in [-0.4, -0.2) is 24.9 Å². The van der Waals surface area contributed by atoms with Crippen molar-refractivity contribution >= 4 is 21.5 Å². The Labute approximate surface area is 166 Å². The molecule has 5 nitrogen and oxygen atoms in total. The average Bonchev–Trinajstić information content (AvgIpc) is 3.01. The van der Waals surface area contributed by atoms with Crippen LogP contribution in [0.25, 0.3) is 0 Å². The van der Waals surface area contributed by atoms with E-state index in [1.54, 1.807) is 24.5 Å². The highest BCUT2D eigenvalue weighted by Crippen LogP contribution is 2.64. The molecule has 1 aromatic carbocycles. The van der Waals surface area contributed by atoms with E-state index in [0.717, 1.165) is 12.0 Å². The van der Waals surface area contributed by atoms with Crippen LogP contribution < -0.4 is 4.31 Å². The second-order valence-corrected chi connectivity index (χ2v) is 10.5. The Hall–Kier alpha value is -2.21. The van der Waals surface area contributed by atoms with Crippen LogP contribution in [0.15, 0.2) is 54.9 Å². The number of nitrogens with zero attached hydrogens (tertiary/aromatic N) is 2. The Morgan fingerprint density at radius 1 is 1.11 bits per heavy atom. The molecule has 4 rings (SSSR count). The lowest BCUT2D eigenvalue weighted by Gasteiger charge is -2.38. The maximum absolute atomic E-state index is 13.7. The minimum Gasteiger partial charge on any atom is -0.299 e. The number of aromatic nitrogens is 1. The molecule has 1 heterocycles. The number of benzene rings is 1. The van der Waals surface area contributed by atoms with Crippen molar-refractivity contribution in [1.82, 2.24) is 4.98 Å². The largest absolute Gasteiger partial charge is 0.299 e. The van der Waals surface area contributed by atoms with Crippen LogP contribution in [0.3, 0.4) is 0 Å². The molecule has 148 valence electrons. The minimum atomic E-state index is -3.72. The lowest BCUT2D eigenvalue weighted by molar-refractivity contribution is -0.128. The van der Waals surface area contributed by atoms with E-state index >= 15 is 0 Å². The van der Waals surface area contributed by atoms with Gasteiger partial charge >= 0.3 is 0 Å². The third-order valence-corrected chi connectivity index (χ3v) is 8.89. The van der Waals surface area contributed by atoms with Crippen molar-refractivity contribution in [3.8, 4) is 0 Å². The molecule has 0 saturated heterocycles. The summed E-state index contributed by atoms with van der Waals surface area (Å²) in [6, 6.07) is 12.9. The number of carbonyl (C=O) groups excluding carboxylic acids is 1. The van der Waals surface area contributed by atoms with Gasteiger partial charge < -0.3 is 0 Å². The molecule has 6 heteroatoms. The molecule has 2 aliphatic carbocycles. The molecule has 2 bridgehead atoms. The molecular formula is C22H26N2O3S. The number of anilines is 1. The van der Waals surface area contributed by atoms with Gasteiger partial charge in [0.05, 0.1) is 23.4 Å². The van der Waals surface area contributed by atoms with Gasteiger partial charge in [-0.2, -0.15) is 0 Å². The van der Waals surface area contributed by atoms with Crippen LogP contribution in [0, 0.1) is 16.7 Å². The first kappa shape index (κ1) is 19.1. The van der Waals surface area contributed by atoms with E-state index in [2.05, 4.69) is 18.8 Å². The quantitative estimate of drug-likeness (QED) is 0.742. The normalized spacial score (nSPS) is 25.8. The molecule has 1 aromatic heterocycles. The molecule has 0 N–H and O–H groups in total. The summed E-state index contributed by atoms with van der Waals surface area (Å²) in [6.45, 7) is 4.37. The van der Waals surface area contributed by atoms with Crippen LogP contribution in [-0.2, 0) is 21.4 Å². The van der Waals surface area contributed by atoms with Crippen molar-refractivity contribution in [3.05, 3.63) is 60.4 Å². The maximum Gasteiger partial charge on any atom is 0.236 e. The van der Waals surface area contributed by atoms with Crippen LogP contribution in [0.1, 0.15) is 38.7 Å². The molecule has 28 heavy (non-hydrogen) atoms. The first-order valence-electron chi connectivity index (χ1n) is 9.74. The lowest BCUT2D eigenvalue weighted by atomic mass is 9.70. The molecule has 2 fully saturated rings. The van der Waals surface area contributed by atoms with Crippen LogP contribution in [0.2, 0.25) is 0 Å². The molecule has 0 unspecified atom stereocenters. The summed E-state index contributed by atoms with van der Waals surface area (Å²) in [5, 5.41) is 0. The smallest absolute Gasteiger partial charge is 0.236 e. The second-order valence-electron chi connectivity index (χ2n) is 8.62. The van der Waals surface area contributed by atoms with Gasteiger partial charge in [-0.15, -0.1) is 0 Å². The standard InChI is InChI=1S/C22H26N2O3S/c1-21(2)18-8-11-22(21,20(25)14-18)16-28(26,27)24(19-9-12-23-13-10-19)15-17-6-4-3-5-7-17/h3-7,9-10,12-13,18H,8,11,14-16H2,1-2H3/t18-,22-/m1/s1. The molecule has 0 spiro atoms. The van der Waals surface area contributed by atoms with Crippen LogP contribution in [0.5, 0.6) is 0 Å². The van der Waals surface area contributed by atoms with Gasteiger partial charge in [0, 0.05) is 18.8 Å². The fourth-order valence-corrected chi connectivity index (χ4v) is 7.35. The zero-order valence-electron chi connectivity index (χ0n) is 16.3. The molecule has 0 aliphatic heterocycles. The summed E-state index contributed by atoms with van der Waals surface area (Å²) < 4.78 is 28.8. The molecule has 0 radical (unpaired) electrons. The van der Waals surface area contributed by atoms with Gasteiger partial charge in [0.2, 0.25) is 10.0 Å². The number of sulfonamides is 1. The molecule has 2 saturated carbocycles. The van der Waals surface area contributed by atoms with E-state index in [0.29, 0.717) is 24.4 Å². The van der Waals surface area contributed by atoms with E-state index in [1.165, 1.54) is 4.31 Å². The van der Waals surface area contributed by atoms with Crippen molar-refractivity contribution in [2.75, 3.05) is 10.1 Å². The summed E-state index contributed by atoms with van der Waals surface area (Å²) in [5.41, 5.74) is 0.418. The summed E-state index contributed by atoms with van der Waals surface area (Å²) in [4.78, 5) is 16.9. The number of rotatable bonds is 6. The highest BCUT2D eigenvalue weighted by Gasteiger charge is 2.65. The Bertz CT molecular complexity index is 973. The number of fused-ring (bicyclic) bond motifs is 2. The SMILES string of the molecule is CC1(C)[C@@H]2CC[C@@]1(CS(=O)(=O)N(Cc1ccccc1)c1ccncc1)C(=O)C2. The third kappa shape index (κ3) is 2.94. The average molecular weight is 399 g/mol. The van der Waals surface area contributed by atoms with Gasteiger partial charge in [0.15, 0.2) is 0 Å². The highest BCUT2D eigenvalue weighted by molar-refractivity contribution is 7.92. The van der Waals surface area contributed by atoms with Crippen LogP contribution >= 0.6 is 0 Å². The molecular weight excluding hydrogens is 372 g/mol. The highest BCUT2D eigenvalue weighted by atomic mass is 32.2. The molecule has 2 aliphatic rings. The number of Topliss-reactive ketones (excluding diaryl/α,β-unsaturated/α-hetero) is 1. The first-order valence-corrected chi connectivity index (χ1v) is 11.3. The van der Waals surface area contributed by atoms with E-state index < -0.39 is 15.4 Å². The van der Waals surface area contributed by atoms with Gasteiger partial charge in [0.25, 0.3) is 0 Å². The van der Waals surface area contributed by atoms with Gasteiger partial charge in [-0.05, 0) is 41.9 Å². The van der Waals surface area contributed by atoms with E-state index in [4.69, 9.17) is 0 Å². The fraction of sp³-hybridized carbons (Fsp3) is 0.455.